The highest BCUT2D eigenvalue weighted by Crippen LogP contribution is 2.37. The second-order valence-corrected chi connectivity index (χ2v) is 13.3. The minimum Gasteiger partial charge on any atom is -0.463 e. The lowest BCUT2D eigenvalue weighted by atomic mass is 9.77. The van der Waals surface area contributed by atoms with Crippen LogP contribution in [0.5, 0.6) is 0 Å². The zero-order valence-corrected chi connectivity index (χ0v) is 29.2. The zero-order chi connectivity index (χ0) is 35.0. The van der Waals surface area contributed by atoms with Crippen molar-refractivity contribution >= 4 is 35.6 Å². The summed E-state index contributed by atoms with van der Waals surface area (Å²) in [5.41, 5.74) is 0.905. The molecule has 48 heavy (non-hydrogen) atoms. The van der Waals surface area contributed by atoms with Crippen molar-refractivity contribution in [3.63, 3.8) is 0 Å². The van der Waals surface area contributed by atoms with Crippen LogP contribution in [-0.4, -0.2) is 59.7 Å². The number of alkyl carbamates (subject to hydrolysis) is 1. The van der Waals surface area contributed by atoms with E-state index >= 15 is 0 Å². The third-order valence-electron chi connectivity index (χ3n) is 7.20. The molecular formula is C38H47N3O6S. The van der Waals surface area contributed by atoms with Crippen molar-refractivity contribution < 1.29 is 28.7 Å². The van der Waals surface area contributed by atoms with Crippen LogP contribution in [0.2, 0.25) is 0 Å². The van der Waals surface area contributed by atoms with Crippen molar-refractivity contribution in [1.82, 2.24) is 16.0 Å². The average Bonchev–Trinajstić information content (AvgIpc) is 3.07. The molecule has 0 aromatic heterocycles. The van der Waals surface area contributed by atoms with E-state index in [2.05, 4.69) is 16.0 Å². The Kier molecular flexibility index (Phi) is 14.7. The standard InChI is InChI=1S/C38H47N3O6S/c1-6-46-34(43)26-24-31(39-35(44)32(27-48-7-2)40-36(45)47-37(3,4)5)23-25-33(42)41-38(28-17-11-8-12-18-28,29-19-13-9-14-20-29)30-21-15-10-16-22-30/h8-22,24,26,31-32H,6-7,23,25,27H2,1-5H3,(H,39,44)(H,40,45)(H,41,42)/b26-24+/t31-,32-/m0/s1. The van der Waals surface area contributed by atoms with Gasteiger partial charge in [-0.3, -0.25) is 9.59 Å². The highest BCUT2D eigenvalue weighted by atomic mass is 32.2. The number of thioether (sulfide) groups is 1. The normalized spacial score (nSPS) is 12.9. The number of nitrogens with one attached hydrogen (secondary N) is 3. The summed E-state index contributed by atoms with van der Waals surface area (Å²) in [6.07, 6.45) is 2.23. The molecule has 0 saturated heterocycles. The molecule has 3 amide bonds. The van der Waals surface area contributed by atoms with E-state index in [1.54, 1.807) is 27.7 Å². The van der Waals surface area contributed by atoms with Crippen LogP contribution in [0, 0.1) is 0 Å². The summed E-state index contributed by atoms with van der Waals surface area (Å²) in [4.78, 5) is 52.2. The fourth-order valence-corrected chi connectivity index (χ4v) is 5.80. The van der Waals surface area contributed by atoms with E-state index in [1.165, 1.54) is 23.9 Å². The first-order valence-corrected chi connectivity index (χ1v) is 17.3. The van der Waals surface area contributed by atoms with Gasteiger partial charge in [-0.15, -0.1) is 0 Å². The van der Waals surface area contributed by atoms with Gasteiger partial charge >= 0.3 is 12.1 Å². The summed E-state index contributed by atoms with van der Waals surface area (Å²) in [5.74, 6) is -0.252. The van der Waals surface area contributed by atoms with Gasteiger partial charge in [-0.25, -0.2) is 9.59 Å². The number of carbonyl (C=O) groups is 4. The fourth-order valence-electron chi connectivity index (χ4n) is 5.09. The summed E-state index contributed by atoms with van der Waals surface area (Å²) >= 11 is 1.49. The van der Waals surface area contributed by atoms with Crippen LogP contribution in [0.25, 0.3) is 0 Å². The molecule has 0 fully saturated rings. The van der Waals surface area contributed by atoms with Gasteiger partial charge in [0.25, 0.3) is 0 Å². The molecule has 0 heterocycles. The molecule has 0 saturated carbocycles. The van der Waals surface area contributed by atoms with Crippen LogP contribution in [0.3, 0.4) is 0 Å². The number of amides is 3. The Morgan fingerprint density at radius 2 is 1.31 bits per heavy atom. The smallest absolute Gasteiger partial charge is 0.408 e. The Bertz CT molecular complexity index is 1400. The van der Waals surface area contributed by atoms with E-state index in [-0.39, 0.29) is 25.4 Å². The predicted molar refractivity (Wildman–Crippen MR) is 190 cm³/mol. The molecule has 3 N–H and O–H groups in total. The number of ether oxygens (including phenoxy) is 2. The van der Waals surface area contributed by atoms with Gasteiger partial charge in [-0.05, 0) is 56.6 Å². The van der Waals surface area contributed by atoms with E-state index < -0.39 is 41.2 Å². The third kappa shape index (κ3) is 11.6. The van der Waals surface area contributed by atoms with E-state index in [0.717, 1.165) is 22.4 Å². The average molecular weight is 674 g/mol. The molecule has 0 bridgehead atoms. The topological polar surface area (TPSA) is 123 Å². The van der Waals surface area contributed by atoms with E-state index in [4.69, 9.17) is 9.47 Å². The van der Waals surface area contributed by atoms with Gasteiger partial charge in [0.2, 0.25) is 11.8 Å². The van der Waals surface area contributed by atoms with Crippen molar-refractivity contribution in [3.05, 3.63) is 120 Å². The monoisotopic (exact) mass is 673 g/mol. The van der Waals surface area contributed by atoms with Crippen LogP contribution in [-0.2, 0) is 29.4 Å². The maximum atomic E-state index is 13.9. The predicted octanol–water partition coefficient (Wildman–Crippen LogP) is 6.13. The Balaban J connectivity index is 1.89. The maximum absolute atomic E-state index is 13.9. The lowest BCUT2D eigenvalue weighted by molar-refractivity contribution is -0.137. The van der Waals surface area contributed by atoms with Crippen LogP contribution in [0.1, 0.15) is 64.2 Å². The maximum Gasteiger partial charge on any atom is 0.408 e. The molecule has 0 aliphatic rings. The van der Waals surface area contributed by atoms with Crippen LogP contribution < -0.4 is 16.0 Å². The molecule has 0 radical (unpaired) electrons. The van der Waals surface area contributed by atoms with Gasteiger partial charge in [0.05, 0.1) is 6.61 Å². The number of esters is 1. The van der Waals surface area contributed by atoms with Crippen molar-refractivity contribution in [1.29, 1.82) is 0 Å². The summed E-state index contributed by atoms with van der Waals surface area (Å²) in [7, 11) is 0. The molecule has 10 heteroatoms. The Hall–Kier alpha value is -4.57. The minimum atomic E-state index is -1.000. The van der Waals surface area contributed by atoms with Gasteiger partial charge in [0.15, 0.2) is 0 Å². The van der Waals surface area contributed by atoms with Gasteiger partial charge in [0.1, 0.15) is 17.2 Å². The number of carbonyl (C=O) groups excluding carboxylic acids is 4. The molecule has 0 aliphatic carbocycles. The van der Waals surface area contributed by atoms with Crippen LogP contribution in [0.15, 0.2) is 103 Å². The minimum absolute atomic E-state index is 0.0141. The number of hydrogen-bond acceptors (Lipinski definition) is 7. The summed E-state index contributed by atoms with van der Waals surface area (Å²) in [6, 6.07) is 27.7. The molecule has 3 aromatic carbocycles. The summed E-state index contributed by atoms with van der Waals surface area (Å²) in [6.45, 7) is 9.08. The number of hydrogen-bond donors (Lipinski definition) is 3. The zero-order valence-electron chi connectivity index (χ0n) is 28.4. The Morgan fingerprint density at radius 1 is 0.792 bits per heavy atom. The summed E-state index contributed by atoms with van der Waals surface area (Å²) in [5, 5.41) is 8.90. The van der Waals surface area contributed by atoms with Crippen LogP contribution >= 0.6 is 11.8 Å². The first-order valence-electron chi connectivity index (χ1n) is 16.2. The van der Waals surface area contributed by atoms with E-state index in [9.17, 15) is 19.2 Å². The fraction of sp³-hybridized carbons (Fsp3) is 0.368. The molecule has 256 valence electrons. The molecular weight excluding hydrogens is 627 g/mol. The van der Waals surface area contributed by atoms with Gasteiger partial charge in [-0.1, -0.05) is 104 Å². The molecule has 0 spiro atoms. The van der Waals surface area contributed by atoms with Crippen LogP contribution in [0.4, 0.5) is 4.79 Å². The molecule has 3 rings (SSSR count). The quantitative estimate of drug-likeness (QED) is 0.0951. The van der Waals surface area contributed by atoms with Crippen molar-refractivity contribution in [3.8, 4) is 0 Å². The first-order chi connectivity index (χ1) is 23.0. The highest BCUT2D eigenvalue weighted by molar-refractivity contribution is 7.99. The second kappa shape index (κ2) is 18.7. The van der Waals surface area contributed by atoms with Gasteiger partial charge in [0, 0.05) is 24.3 Å². The Labute approximate surface area is 288 Å². The third-order valence-corrected chi connectivity index (χ3v) is 8.18. The van der Waals surface area contributed by atoms with E-state index in [1.807, 2.05) is 97.9 Å². The lowest BCUT2D eigenvalue weighted by Gasteiger charge is -2.37. The molecule has 2 atom stereocenters. The summed E-state index contributed by atoms with van der Waals surface area (Å²) < 4.78 is 10.4. The van der Waals surface area contributed by atoms with Gasteiger partial charge in [-0.2, -0.15) is 11.8 Å². The molecule has 9 nitrogen and oxygen atoms in total. The SMILES string of the molecule is CCOC(=O)/C=C/[C@H](CCC(=O)NC(c1ccccc1)(c1ccccc1)c1ccccc1)NC(=O)[C@H](CSCC)NC(=O)OC(C)(C)C. The number of benzene rings is 3. The molecule has 0 aliphatic heterocycles. The highest BCUT2D eigenvalue weighted by Gasteiger charge is 2.38. The number of rotatable bonds is 16. The largest absolute Gasteiger partial charge is 0.463 e. The van der Waals surface area contributed by atoms with Crippen molar-refractivity contribution in [2.75, 3.05) is 18.1 Å². The molecule has 0 unspecified atom stereocenters. The van der Waals surface area contributed by atoms with Crippen molar-refractivity contribution in [2.45, 2.75) is 70.7 Å². The molecule has 3 aromatic rings. The van der Waals surface area contributed by atoms with Gasteiger partial charge < -0.3 is 25.4 Å². The first kappa shape index (κ1) is 37.9. The van der Waals surface area contributed by atoms with Crippen molar-refractivity contribution in [2.24, 2.45) is 0 Å². The van der Waals surface area contributed by atoms with E-state index in [0.29, 0.717) is 5.75 Å². The lowest BCUT2D eigenvalue weighted by Crippen LogP contribution is -2.52. The second-order valence-electron chi connectivity index (χ2n) is 12.0. The Morgan fingerprint density at radius 3 is 1.77 bits per heavy atom.